The van der Waals surface area contributed by atoms with E-state index >= 15 is 0 Å². The fourth-order valence-electron chi connectivity index (χ4n) is 2.63. The van der Waals surface area contributed by atoms with E-state index in [9.17, 15) is 8.42 Å². The van der Waals surface area contributed by atoms with Gasteiger partial charge in [-0.15, -0.1) is 0 Å². The molecule has 1 N–H and O–H groups in total. The summed E-state index contributed by atoms with van der Waals surface area (Å²) in [7, 11) is -3.60. The Kier molecular flexibility index (Phi) is 4.44. The number of rotatable bonds is 4. The molecule has 0 spiro atoms. The Morgan fingerprint density at radius 2 is 2.22 bits per heavy atom. The third-order valence-corrected chi connectivity index (χ3v) is 5.92. The van der Waals surface area contributed by atoms with Crippen LogP contribution in [0.3, 0.4) is 0 Å². The van der Waals surface area contributed by atoms with Gasteiger partial charge >= 0.3 is 0 Å². The maximum absolute atomic E-state index is 12.5. The van der Waals surface area contributed by atoms with Crippen LogP contribution >= 0.6 is 11.6 Å². The molecule has 1 aromatic heterocycles. The van der Waals surface area contributed by atoms with Crippen molar-refractivity contribution in [3.8, 4) is 0 Å². The smallest absolute Gasteiger partial charge is 0.240 e. The van der Waals surface area contributed by atoms with E-state index in [1.807, 2.05) is 13.8 Å². The zero-order valence-corrected chi connectivity index (χ0v) is 14.7. The van der Waals surface area contributed by atoms with Gasteiger partial charge in [0.25, 0.3) is 0 Å². The van der Waals surface area contributed by atoms with Crippen LogP contribution in [0.25, 0.3) is 0 Å². The molecule has 124 valence electrons. The average molecular weight is 355 g/mol. The number of hydrogen-bond acceptors (Lipinski definition) is 4. The van der Waals surface area contributed by atoms with Gasteiger partial charge in [0.1, 0.15) is 5.82 Å². The van der Waals surface area contributed by atoms with E-state index in [0.717, 1.165) is 30.1 Å². The summed E-state index contributed by atoms with van der Waals surface area (Å²) in [6.45, 7) is 4.34. The van der Waals surface area contributed by atoms with Gasteiger partial charge in [-0.2, -0.15) is 5.10 Å². The van der Waals surface area contributed by atoms with Crippen molar-refractivity contribution in [2.75, 3.05) is 0 Å². The highest BCUT2D eigenvalue weighted by molar-refractivity contribution is 7.89. The highest BCUT2D eigenvalue weighted by Crippen LogP contribution is 2.21. The van der Waals surface area contributed by atoms with E-state index in [0.29, 0.717) is 18.0 Å². The third-order valence-electron chi connectivity index (χ3n) is 3.99. The number of sulfonamides is 1. The minimum atomic E-state index is -3.60. The largest absolute Gasteiger partial charge is 0.248 e. The molecule has 3 rings (SSSR count). The Morgan fingerprint density at radius 1 is 1.43 bits per heavy atom. The first kappa shape index (κ1) is 16.4. The topological polar surface area (TPSA) is 76.9 Å². The van der Waals surface area contributed by atoms with Gasteiger partial charge in [0, 0.05) is 23.9 Å². The molecule has 0 saturated carbocycles. The van der Waals surface area contributed by atoms with Gasteiger partial charge in [-0.25, -0.2) is 22.8 Å². The van der Waals surface area contributed by atoms with Crippen molar-refractivity contribution in [1.82, 2.24) is 19.5 Å². The third kappa shape index (κ3) is 3.41. The van der Waals surface area contributed by atoms with Crippen LogP contribution in [0.1, 0.15) is 30.6 Å². The Bertz CT molecular complexity index is 832. The van der Waals surface area contributed by atoms with Gasteiger partial charge in [0.2, 0.25) is 10.0 Å². The zero-order valence-electron chi connectivity index (χ0n) is 13.1. The van der Waals surface area contributed by atoms with Crippen molar-refractivity contribution >= 4 is 21.6 Å². The van der Waals surface area contributed by atoms with Crippen molar-refractivity contribution in [2.24, 2.45) is 0 Å². The minimum absolute atomic E-state index is 0.187. The lowest BCUT2D eigenvalue weighted by molar-refractivity contribution is 0.394. The zero-order chi connectivity index (χ0) is 16.6. The van der Waals surface area contributed by atoms with Gasteiger partial charge in [0.05, 0.1) is 11.4 Å². The van der Waals surface area contributed by atoms with Crippen LogP contribution in [-0.2, 0) is 29.4 Å². The molecular weight excluding hydrogens is 336 g/mol. The lowest BCUT2D eigenvalue weighted by Gasteiger charge is -2.23. The second-order valence-electron chi connectivity index (χ2n) is 5.75. The second-order valence-corrected chi connectivity index (χ2v) is 7.87. The number of benzene rings is 1. The van der Waals surface area contributed by atoms with Crippen molar-refractivity contribution in [3.63, 3.8) is 0 Å². The Morgan fingerprint density at radius 3 is 2.91 bits per heavy atom. The number of nitrogens with zero attached hydrogens (tertiary/aromatic N) is 3. The van der Waals surface area contributed by atoms with Crippen molar-refractivity contribution in [1.29, 1.82) is 0 Å². The van der Waals surface area contributed by atoms with Crippen molar-refractivity contribution in [3.05, 3.63) is 40.4 Å². The number of halogens is 1. The summed E-state index contributed by atoms with van der Waals surface area (Å²) in [4.78, 5) is 4.62. The SMILES string of the molecule is CCc1nc2n(n1)CC(NS(=O)(=O)c1ccc(C)c(Cl)c1)CC2. The van der Waals surface area contributed by atoms with E-state index in [2.05, 4.69) is 14.8 Å². The standard InChI is InChI=1S/C15H19ClN4O2S/c1-3-14-17-15-7-5-11(9-20(15)18-14)19-23(21,22)12-6-4-10(2)13(16)8-12/h4,6,8,11,19H,3,5,7,9H2,1-2H3. The van der Waals surface area contributed by atoms with Gasteiger partial charge in [-0.3, -0.25) is 0 Å². The van der Waals surface area contributed by atoms with Crippen molar-refractivity contribution < 1.29 is 8.42 Å². The molecule has 1 aliphatic heterocycles. The molecule has 2 aromatic rings. The fourth-order valence-corrected chi connectivity index (χ4v) is 4.17. The number of nitrogens with one attached hydrogen (secondary N) is 1. The molecule has 1 unspecified atom stereocenters. The first-order chi connectivity index (χ1) is 10.9. The van der Waals surface area contributed by atoms with E-state index in [1.54, 1.807) is 16.8 Å². The molecule has 0 amide bonds. The lowest BCUT2D eigenvalue weighted by atomic mass is 10.1. The molecule has 0 bridgehead atoms. The molecule has 1 atom stereocenters. The Balaban J connectivity index is 1.77. The molecule has 0 saturated heterocycles. The predicted molar refractivity (Wildman–Crippen MR) is 88.0 cm³/mol. The highest BCUT2D eigenvalue weighted by atomic mass is 35.5. The maximum Gasteiger partial charge on any atom is 0.240 e. The van der Waals surface area contributed by atoms with Crippen LogP contribution in [0.4, 0.5) is 0 Å². The molecule has 1 aliphatic rings. The van der Waals surface area contributed by atoms with Crippen LogP contribution < -0.4 is 4.72 Å². The van der Waals surface area contributed by atoms with Gasteiger partial charge in [0.15, 0.2) is 5.82 Å². The summed E-state index contributed by atoms with van der Waals surface area (Å²) in [5.74, 6) is 1.73. The fraction of sp³-hybridized carbons (Fsp3) is 0.467. The average Bonchev–Trinajstić information content (AvgIpc) is 2.91. The summed E-state index contributed by atoms with van der Waals surface area (Å²) >= 11 is 6.03. The van der Waals surface area contributed by atoms with Crippen molar-refractivity contribution in [2.45, 2.75) is 50.6 Å². The molecule has 0 radical (unpaired) electrons. The lowest BCUT2D eigenvalue weighted by Crippen LogP contribution is -2.41. The number of aryl methyl sites for hydroxylation is 3. The van der Waals surface area contributed by atoms with Crippen LogP contribution in [0.2, 0.25) is 5.02 Å². The Labute approximate surface area is 140 Å². The van der Waals surface area contributed by atoms with E-state index < -0.39 is 10.0 Å². The molecule has 0 fully saturated rings. The normalized spacial score (nSPS) is 18.0. The Hall–Kier alpha value is -1.44. The number of hydrogen-bond donors (Lipinski definition) is 1. The molecule has 6 nitrogen and oxygen atoms in total. The quantitative estimate of drug-likeness (QED) is 0.912. The molecule has 0 aliphatic carbocycles. The highest BCUT2D eigenvalue weighted by Gasteiger charge is 2.26. The summed E-state index contributed by atoms with van der Waals surface area (Å²) < 4.78 is 29.6. The summed E-state index contributed by atoms with van der Waals surface area (Å²) in [6, 6.07) is 4.57. The molecular formula is C15H19ClN4O2S. The predicted octanol–water partition coefficient (Wildman–Crippen LogP) is 2.10. The van der Waals surface area contributed by atoms with Gasteiger partial charge in [-0.05, 0) is 31.0 Å². The summed E-state index contributed by atoms with van der Waals surface area (Å²) in [5, 5.41) is 4.84. The molecule has 8 heteroatoms. The summed E-state index contributed by atoms with van der Waals surface area (Å²) in [6.07, 6.45) is 2.20. The van der Waals surface area contributed by atoms with Crippen LogP contribution in [0.15, 0.2) is 23.1 Å². The molecule has 1 aromatic carbocycles. The van der Waals surface area contributed by atoms with E-state index in [-0.39, 0.29) is 10.9 Å². The number of fused-ring (bicyclic) bond motifs is 1. The van der Waals surface area contributed by atoms with Gasteiger partial charge < -0.3 is 0 Å². The minimum Gasteiger partial charge on any atom is -0.248 e. The monoisotopic (exact) mass is 354 g/mol. The van der Waals surface area contributed by atoms with Crippen LogP contribution in [-0.4, -0.2) is 29.2 Å². The van der Waals surface area contributed by atoms with Crippen LogP contribution in [0.5, 0.6) is 0 Å². The van der Waals surface area contributed by atoms with E-state index in [1.165, 1.54) is 6.07 Å². The van der Waals surface area contributed by atoms with E-state index in [4.69, 9.17) is 11.6 Å². The first-order valence-electron chi connectivity index (χ1n) is 7.60. The first-order valence-corrected chi connectivity index (χ1v) is 9.46. The van der Waals surface area contributed by atoms with Crippen LogP contribution in [0, 0.1) is 6.92 Å². The second kappa shape index (κ2) is 6.22. The van der Waals surface area contributed by atoms with Gasteiger partial charge in [-0.1, -0.05) is 24.6 Å². The summed E-state index contributed by atoms with van der Waals surface area (Å²) in [5.41, 5.74) is 0.850. The number of aromatic nitrogens is 3. The molecule has 2 heterocycles. The maximum atomic E-state index is 12.5. The molecule has 23 heavy (non-hydrogen) atoms.